The smallest absolute Gasteiger partial charge is 0.347 e. The highest BCUT2D eigenvalue weighted by molar-refractivity contribution is 7.87. The van der Waals surface area contributed by atoms with Gasteiger partial charge in [0, 0.05) is 6.07 Å². The van der Waals surface area contributed by atoms with Crippen LogP contribution in [0.1, 0.15) is 0 Å². The van der Waals surface area contributed by atoms with Crippen LogP contribution in [0.3, 0.4) is 0 Å². The Hall–Kier alpha value is -3.54. The van der Waals surface area contributed by atoms with Crippen LogP contribution in [-0.2, 0) is 10.1 Å². The first-order valence-electron chi connectivity index (χ1n) is 6.81. The predicted octanol–water partition coefficient (Wildman–Crippen LogP) is 1.51. The minimum absolute atomic E-state index is 0.265. The van der Waals surface area contributed by atoms with Gasteiger partial charge in [-0.2, -0.15) is 18.5 Å². The molecule has 0 bridgehead atoms. The molecule has 0 saturated carbocycles. The van der Waals surface area contributed by atoms with Gasteiger partial charge < -0.3 is 9.17 Å². The summed E-state index contributed by atoms with van der Waals surface area (Å²) in [5.74, 6) is -0.265. The third-order valence-electron chi connectivity index (χ3n) is 3.47. The van der Waals surface area contributed by atoms with E-state index in [4.69, 9.17) is 4.18 Å². The zero-order valence-corrected chi connectivity index (χ0v) is 13.0. The Morgan fingerprint density at radius 2 is 2.00 bits per heavy atom. The number of fused-ring (bicyclic) bond motifs is 3. The third kappa shape index (κ3) is 2.35. The zero-order chi connectivity index (χ0) is 17.6. The van der Waals surface area contributed by atoms with Gasteiger partial charge in [0.1, 0.15) is 17.4 Å². The quantitative estimate of drug-likeness (QED) is 0.315. The molecule has 0 aliphatic heterocycles. The third-order valence-corrected chi connectivity index (χ3v) is 4.74. The summed E-state index contributed by atoms with van der Waals surface area (Å²) in [5.41, 5.74) is 0.798. The fourth-order valence-corrected chi connectivity index (χ4v) is 3.49. The molecule has 2 N–H and O–H groups in total. The van der Waals surface area contributed by atoms with Crippen LogP contribution in [-0.4, -0.2) is 38.5 Å². The second-order valence-corrected chi connectivity index (χ2v) is 6.46. The van der Waals surface area contributed by atoms with Crippen molar-refractivity contribution in [3.63, 3.8) is 0 Å². The van der Waals surface area contributed by atoms with Crippen molar-refractivity contribution >= 4 is 37.9 Å². The van der Waals surface area contributed by atoms with E-state index in [-0.39, 0.29) is 11.3 Å². The minimum Gasteiger partial charge on any atom is -0.357 e. The van der Waals surface area contributed by atoms with Crippen molar-refractivity contribution in [1.82, 2.24) is 25.1 Å². The SMILES string of the molecule is O=[N+]([O-])c1ccccc1S(=O)(=O)Oc1ncnc2[nH]c3cn[nH]c3c12. The van der Waals surface area contributed by atoms with Crippen LogP contribution in [0.25, 0.3) is 22.1 Å². The van der Waals surface area contributed by atoms with Gasteiger partial charge in [-0.05, 0) is 6.07 Å². The molecule has 3 heterocycles. The first-order chi connectivity index (χ1) is 12.0. The van der Waals surface area contributed by atoms with E-state index in [2.05, 4.69) is 25.1 Å². The Morgan fingerprint density at radius 3 is 2.80 bits per heavy atom. The lowest BCUT2D eigenvalue weighted by Crippen LogP contribution is -2.13. The van der Waals surface area contributed by atoms with Crippen molar-refractivity contribution in [1.29, 1.82) is 0 Å². The highest BCUT2D eigenvalue weighted by Gasteiger charge is 2.29. The molecule has 12 heteroatoms. The lowest BCUT2D eigenvalue weighted by atomic mass is 10.3. The molecule has 1 aromatic carbocycles. The fraction of sp³-hybridized carbons (Fsp3) is 0. The maximum Gasteiger partial charge on any atom is 0.347 e. The van der Waals surface area contributed by atoms with E-state index in [0.717, 1.165) is 18.5 Å². The monoisotopic (exact) mass is 360 g/mol. The van der Waals surface area contributed by atoms with Crippen LogP contribution in [0.5, 0.6) is 5.88 Å². The molecular formula is C13H8N6O5S. The number of H-pyrrole nitrogens is 2. The maximum atomic E-state index is 12.5. The van der Waals surface area contributed by atoms with E-state index in [1.807, 2.05) is 0 Å². The van der Waals surface area contributed by atoms with Gasteiger partial charge in [0.05, 0.1) is 22.2 Å². The highest BCUT2D eigenvalue weighted by Crippen LogP contribution is 2.32. The van der Waals surface area contributed by atoms with E-state index >= 15 is 0 Å². The van der Waals surface area contributed by atoms with E-state index in [0.29, 0.717) is 16.7 Å². The van der Waals surface area contributed by atoms with E-state index < -0.39 is 25.6 Å². The molecule has 4 rings (SSSR count). The zero-order valence-electron chi connectivity index (χ0n) is 12.2. The average molecular weight is 360 g/mol. The van der Waals surface area contributed by atoms with E-state index in [1.54, 1.807) is 0 Å². The highest BCUT2D eigenvalue weighted by atomic mass is 32.2. The lowest BCUT2D eigenvalue weighted by Gasteiger charge is -2.07. The molecular weight excluding hydrogens is 352 g/mol. The number of hydrogen-bond donors (Lipinski definition) is 2. The molecule has 0 atom stereocenters. The molecule has 0 aliphatic carbocycles. The molecule has 0 radical (unpaired) electrons. The Balaban J connectivity index is 1.88. The number of nitrogens with zero attached hydrogens (tertiary/aromatic N) is 4. The van der Waals surface area contributed by atoms with Gasteiger partial charge in [0.25, 0.3) is 5.69 Å². The van der Waals surface area contributed by atoms with Crippen molar-refractivity contribution < 1.29 is 17.5 Å². The summed E-state index contributed by atoms with van der Waals surface area (Å²) in [6.07, 6.45) is 2.62. The number of nitrogens with one attached hydrogen (secondary N) is 2. The molecule has 0 aliphatic rings. The number of nitro groups is 1. The maximum absolute atomic E-state index is 12.5. The van der Waals surface area contributed by atoms with Crippen LogP contribution in [0.15, 0.2) is 41.7 Å². The number of para-hydroxylation sites is 1. The van der Waals surface area contributed by atoms with Gasteiger partial charge in [0.15, 0.2) is 4.90 Å². The predicted molar refractivity (Wildman–Crippen MR) is 84.5 cm³/mol. The number of hydrogen-bond acceptors (Lipinski definition) is 8. The molecule has 0 unspecified atom stereocenters. The summed E-state index contributed by atoms with van der Waals surface area (Å²) in [6.45, 7) is 0. The summed E-state index contributed by atoms with van der Waals surface area (Å²) in [6, 6.07) is 4.90. The van der Waals surface area contributed by atoms with Gasteiger partial charge in [-0.1, -0.05) is 12.1 Å². The Kier molecular flexibility index (Phi) is 3.15. The molecule has 0 saturated heterocycles. The van der Waals surface area contributed by atoms with Gasteiger partial charge >= 0.3 is 10.1 Å². The van der Waals surface area contributed by atoms with Crippen molar-refractivity contribution in [2.75, 3.05) is 0 Å². The molecule has 126 valence electrons. The van der Waals surface area contributed by atoms with Gasteiger partial charge in [-0.3, -0.25) is 15.2 Å². The van der Waals surface area contributed by atoms with Gasteiger partial charge in [-0.25, -0.2) is 4.98 Å². The second kappa shape index (κ2) is 5.24. The van der Waals surface area contributed by atoms with Crippen LogP contribution in [0.2, 0.25) is 0 Å². The van der Waals surface area contributed by atoms with E-state index in [9.17, 15) is 18.5 Å². The first-order valence-corrected chi connectivity index (χ1v) is 8.22. The number of aromatic amines is 2. The molecule has 0 fully saturated rings. The summed E-state index contributed by atoms with van der Waals surface area (Å²) < 4.78 is 30.2. The molecule has 0 amide bonds. The minimum atomic E-state index is -4.49. The van der Waals surface area contributed by atoms with E-state index in [1.165, 1.54) is 18.3 Å². The number of nitro benzene ring substituents is 1. The summed E-state index contributed by atoms with van der Waals surface area (Å²) in [5, 5.41) is 17.9. The van der Waals surface area contributed by atoms with Gasteiger partial charge in [0.2, 0.25) is 5.88 Å². The van der Waals surface area contributed by atoms with Crippen molar-refractivity contribution in [2.45, 2.75) is 4.90 Å². The molecule has 4 aromatic rings. The number of benzene rings is 1. The van der Waals surface area contributed by atoms with Crippen LogP contribution in [0.4, 0.5) is 5.69 Å². The van der Waals surface area contributed by atoms with Crippen molar-refractivity contribution in [3.8, 4) is 5.88 Å². The molecule has 3 aromatic heterocycles. The van der Waals surface area contributed by atoms with Crippen molar-refractivity contribution in [3.05, 3.63) is 46.9 Å². The molecule has 11 nitrogen and oxygen atoms in total. The van der Waals surface area contributed by atoms with Crippen LogP contribution in [0, 0.1) is 10.1 Å². The van der Waals surface area contributed by atoms with Gasteiger partial charge in [-0.15, -0.1) is 0 Å². The standard InChI is InChI=1S/C13H8N6O5S/c20-19(21)8-3-1-2-4-9(8)25(22,23)24-13-10-11-7(5-16-18-11)17-12(10)14-6-15-13/h1-6H,(H,16,18)(H,14,15,17). The Bertz CT molecular complexity index is 1230. The normalized spacial score (nSPS) is 11.8. The largest absolute Gasteiger partial charge is 0.357 e. The first kappa shape index (κ1) is 15.0. The summed E-state index contributed by atoms with van der Waals surface area (Å²) in [4.78, 5) is 20.5. The van der Waals surface area contributed by atoms with Crippen LogP contribution >= 0.6 is 0 Å². The Labute approximate surface area is 138 Å². The fourth-order valence-electron chi connectivity index (χ4n) is 2.42. The summed E-state index contributed by atoms with van der Waals surface area (Å²) in [7, 11) is -4.49. The second-order valence-electron chi connectivity index (χ2n) is 4.95. The Morgan fingerprint density at radius 1 is 1.20 bits per heavy atom. The number of aromatic nitrogens is 5. The number of rotatable bonds is 4. The lowest BCUT2D eigenvalue weighted by molar-refractivity contribution is -0.387. The topological polar surface area (TPSA) is 157 Å². The average Bonchev–Trinajstić information content (AvgIpc) is 3.15. The summed E-state index contributed by atoms with van der Waals surface area (Å²) >= 11 is 0. The van der Waals surface area contributed by atoms with Crippen LogP contribution < -0.4 is 4.18 Å². The molecule has 0 spiro atoms. The molecule has 25 heavy (non-hydrogen) atoms. The van der Waals surface area contributed by atoms with Crippen molar-refractivity contribution in [2.24, 2.45) is 0 Å².